The number of nitrogens with zero attached hydrogens (tertiary/aromatic N) is 3. The van der Waals surface area contributed by atoms with Crippen LogP contribution in [0.3, 0.4) is 0 Å². The van der Waals surface area contributed by atoms with Gasteiger partial charge in [0, 0.05) is 40.7 Å². The van der Waals surface area contributed by atoms with Crippen molar-refractivity contribution < 1.29 is 0 Å². The van der Waals surface area contributed by atoms with Crippen LogP contribution in [0, 0.1) is 0 Å². The lowest BCUT2D eigenvalue weighted by atomic mass is 10.1. The van der Waals surface area contributed by atoms with Crippen molar-refractivity contribution in [2.24, 2.45) is 0 Å². The van der Waals surface area contributed by atoms with Gasteiger partial charge in [0.05, 0.1) is 0 Å². The van der Waals surface area contributed by atoms with Crippen molar-refractivity contribution in [3.05, 3.63) is 28.1 Å². The zero-order valence-electron chi connectivity index (χ0n) is 8.45. The van der Waals surface area contributed by atoms with Crippen molar-refractivity contribution in [2.45, 2.75) is 6.42 Å². The summed E-state index contributed by atoms with van der Waals surface area (Å²) >= 11 is 9.39. The van der Waals surface area contributed by atoms with Crippen LogP contribution in [0.15, 0.2) is 22.9 Å². The highest BCUT2D eigenvalue weighted by Crippen LogP contribution is 2.32. The summed E-state index contributed by atoms with van der Waals surface area (Å²) in [5.41, 5.74) is 0. The van der Waals surface area contributed by atoms with Crippen LogP contribution in [-0.4, -0.2) is 23.1 Å². The van der Waals surface area contributed by atoms with Crippen LogP contribution in [0.1, 0.15) is 6.42 Å². The standard InChI is InChI=1S/C11H9BrClN3/c12-9-6-15-11(16-2-1-3-16)8-5-14-10(13)4-7(8)9/h4-6H,1-3H2. The SMILES string of the molecule is Clc1cc2c(Br)cnc(N3CCC3)c2cn1. The van der Waals surface area contributed by atoms with Crippen LogP contribution in [0.5, 0.6) is 0 Å². The van der Waals surface area contributed by atoms with Crippen molar-refractivity contribution >= 4 is 44.1 Å². The molecule has 0 spiro atoms. The fourth-order valence-corrected chi connectivity index (χ4v) is 2.43. The van der Waals surface area contributed by atoms with Gasteiger partial charge < -0.3 is 4.90 Å². The zero-order chi connectivity index (χ0) is 11.1. The first-order valence-electron chi connectivity index (χ1n) is 5.10. The van der Waals surface area contributed by atoms with Crippen LogP contribution < -0.4 is 4.90 Å². The number of anilines is 1. The molecule has 16 heavy (non-hydrogen) atoms. The molecular weight excluding hydrogens is 289 g/mol. The van der Waals surface area contributed by atoms with Gasteiger partial charge in [0.2, 0.25) is 0 Å². The Balaban J connectivity index is 2.26. The molecule has 0 amide bonds. The molecule has 1 aliphatic heterocycles. The van der Waals surface area contributed by atoms with E-state index in [1.54, 1.807) is 6.20 Å². The average Bonchev–Trinajstić information content (AvgIpc) is 2.20. The number of aromatic nitrogens is 2. The number of hydrogen-bond donors (Lipinski definition) is 0. The van der Waals surface area contributed by atoms with Crippen molar-refractivity contribution in [2.75, 3.05) is 18.0 Å². The zero-order valence-corrected chi connectivity index (χ0v) is 10.8. The smallest absolute Gasteiger partial charge is 0.138 e. The Labute approximate surface area is 107 Å². The molecule has 3 heterocycles. The Morgan fingerprint density at radius 1 is 1.19 bits per heavy atom. The van der Waals surface area contributed by atoms with E-state index in [2.05, 4.69) is 30.8 Å². The minimum absolute atomic E-state index is 0.508. The second-order valence-corrected chi connectivity index (χ2v) is 5.06. The molecule has 0 aliphatic carbocycles. The highest BCUT2D eigenvalue weighted by atomic mass is 79.9. The van der Waals surface area contributed by atoms with Gasteiger partial charge in [-0.05, 0) is 28.4 Å². The second kappa shape index (κ2) is 3.86. The van der Waals surface area contributed by atoms with Gasteiger partial charge in [0.1, 0.15) is 11.0 Å². The van der Waals surface area contributed by atoms with Crippen molar-refractivity contribution in [1.82, 2.24) is 9.97 Å². The first-order chi connectivity index (χ1) is 7.75. The molecular formula is C11H9BrClN3. The van der Waals surface area contributed by atoms with Gasteiger partial charge in [0.15, 0.2) is 0 Å². The van der Waals surface area contributed by atoms with Crippen LogP contribution in [0.4, 0.5) is 5.82 Å². The van der Waals surface area contributed by atoms with Crippen molar-refractivity contribution in [1.29, 1.82) is 0 Å². The number of fused-ring (bicyclic) bond motifs is 1. The Kier molecular flexibility index (Phi) is 2.48. The molecule has 5 heteroatoms. The predicted molar refractivity (Wildman–Crippen MR) is 69.1 cm³/mol. The maximum Gasteiger partial charge on any atom is 0.138 e. The summed E-state index contributed by atoms with van der Waals surface area (Å²) in [7, 11) is 0. The monoisotopic (exact) mass is 297 g/mol. The van der Waals surface area contributed by atoms with Gasteiger partial charge in [0.25, 0.3) is 0 Å². The summed E-state index contributed by atoms with van der Waals surface area (Å²) in [6.45, 7) is 2.15. The molecule has 1 saturated heterocycles. The summed E-state index contributed by atoms with van der Waals surface area (Å²) in [5, 5.41) is 2.63. The van der Waals surface area contributed by atoms with E-state index in [9.17, 15) is 0 Å². The third kappa shape index (κ3) is 1.57. The second-order valence-electron chi connectivity index (χ2n) is 3.82. The lowest BCUT2D eigenvalue weighted by Gasteiger charge is -2.32. The summed E-state index contributed by atoms with van der Waals surface area (Å²) in [5.74, 6) is 1.01. The molecule has 0 bridgehead atoms. The van der Waals surface area contributed by atoms with E-state index in [-0.39, 0.29) is 0 Å². The first kappa shape index (κ1) is 10.3. The minimum Gasteiger partial charge on any atom is -0.356 e. The predicted octanol–water partition coefficient (Wildman–Crippen LogP) is 3.26. The normalized spacial score (nSPS) is 15.2. The van der Waals surface area contributed by atoms with E-state index in [0.717, 1.165) is 34.2 Å². The number of halogens is 2. The van der Waals surface area contributed by atoms with E-state index in [1.807, 2.05) is 12.3 Å². The molecule has 0 aromatic carbocycles. The van der Waals surface area contributed by atoms with Gasteiger partial charge in [-0.3, -0.25) is 0 Å². The number of pyridine rings is 2. The van der Waals surface area contributed by atoms with Gasteiger partial charge in [-0.15, -0.1) is 0 Å². The molecule has 0 saturated carbocycles. The fourth-order valence-electron chi connectivity index (χ4n) is 1.84. The third-order valence-electron chi connectivity index (χ3n) is 2.82. The summed E-state index contributed by atoms with van der Waals surface area (Å²) in [6.07, 6.45) is 4.86. The van der Waals surface area contributed by atoms with E-state index in [4.69, 9.17) is 11.6 Å². The molecule has 0 atom stereocenters. The maximum absolute atomic E-state index is 5.90. The molecule has 0 unspecified atom stereocenters. The van der Waals surface area contributed by atoms with Crippen LogP contribution in [-0.2, 0) is 0 Å². The lowest BCUT2D eigenvalue weighted by Crippen LogP contribution is -2.37. The van der Waals surface area contributed by atoms with Gasteiger partial charge in [-0.2, -0.15) is 0 Å². The minimum atomic E-state index is 0.508. The topological polar surface area (TPSA) is 29.0 Å². The van der Waals surface area contributed by atoms with Crippen LogP contribution >= 0.6 is 27.5 Å². The molecule has 0 radical (unpaired) electrons. The number of hydrogen-bond acceptors (Lipinski definition) is 3. The lowest BCUT2D eigenvalue weighted by molar-refractivity contribution is 0.612. The fraction of sp³-hybridized carbons (Fsp3) is 0.273. The molecule has 3 rings (SSSR count). The largest absolute Gasteiger partial charge is 0.356 e. The molecule has 2 aromatic rings. The highest BCUT2D eigenvalue weighted by Gasteiger charge is 2.19. The quantitative estimate of drug-likeness (QED) is 0.757. The average molecular weight is 299 g/mol. The Hall–Kier alpha value is -0.870. The van der Waals surface area contributed by atoms with Gasteiger partial charge >= 0.3 is 0 Å². The maximum atomic E-state index is 5.90. The Bertz CT molecular complexity index is 554. The van der Waals surface area contributed by atoms with E-state index in [1.165, 1.54) is 6.42 Å². The molecule has 1 aliphatic rings. The van der Waals surface area contributed by atoms with E-state index < -0.39 is 0 Å². The molecule has 3 nitrogen and oxygen atoms in total. The van der Waals surface area contributed by atoms with Gasteiger partial charge in [-0.25, -0.2) is 9.97 Å². The Morgan fingerprint density at radius 3 is 2.69 bits per heavy atom. The Morgan fingerprint density at radius 2 is 2.00 bits per heavy atom. The molecule has 0 N–H and O–H groups in total. The van der Waals surface area contributed by atoms with E-state index in [0.29, 0.717) is 5.15 Å². The molecule has 1 fully saturated rings. The first-order valence-corrected chi connectivity index (χ1v) is 6.27. The highest BCUT2D eigenvalue weighted by molar-refractivity contribution is 9.10. The summed E-state index contributed by atoms with van der Waals surface area (Å²) < 4.78 is 0.955. The van der Waals surface area contributed by atoms with Gasteiger partial charge in [-0.1, -0.05) is 11.6 Å². The molecule has 2 aromatic heterocycles. The van der Waals surface area contributed by atoms with E-state index >= 15 is 0 Å². The van der Waals surface area contributed by atoms with Crippen LogP contribution in [0.2, 0.25) is 5.15 Å². The third-order valence-corrected chi connectivity index (χ3v) is 3.66. The van der Waals surface area contributed by atoms with Crippen LogP contribution in [0.25, 0.3) is 10.8 Å². The van der Waals surface area contributed by atoms with Crippen molar-refractivity contribution in [3.63, 3.8) is 0 Å². The summed E-state index contributed by atoms with van der Waals surface area (Å²) in [6, 6.07) is 1.87. The van der Waals surface area contributed by atoms with Crippen molar-refractivity contribution in [3.8, 4) is 0 Å². The molecule has 82 valence electrons. The number of rotatable bonds is 1. The summed E-state index contributed by atoms with van der Waals surface area (Å²) in [4.78, 5) is 10.8.